The maximum Gasteiger partial charge on any atom is 0.192 e. The van der Waals surface area contributed by atoms with Crippen LogP contribution in [0.5, 0.6) is 0 Å². The molecule has 2 aromatic rings. The summed E-state index contributed by atoms with van der Waals surface area (Å²) in [6, 6.07) is 9.82. The smallest absolute Gasteiger partial charge is 0.192 e. The first kappa shape index (κ1) is 10.6. The van der Waals surface area contributed by atoms with Crippen LogP contribution in [0.3, 0.4) is 0 Å². The molecule has 0 spiro atoms. The number of nitrogens with one attached hydrogen (secondary N) is 1. The van der Waals surface area contributed by atoms with Crippen LogP contribution in [-0.2, 0) is 0 Å². The normalized spacial score (nSPS) is 22.4. The first-order valence-electron chi connectivity index (χ1n) is 6.42. The molecule has 1 aromatic carbocycles. The van der Waals surface area contributed by atoms with Gasteiger partial charge < -0.3 is 9.73 Å². The van der Waals surface area contributed by atoms with E-state index < -0.39 is 0 Å². The predicted molar refractivity (Wildman–Crippen MR) is 74.3 cm³/mol. The van der Waals surface area contributed by atoms with Crippen LogP contribution in [0, 0.1) is 6.92 Å². The molecule has 1 aliphatic carbocycles. The summed E-state index contributed by atoms with van der Waals surface area (Å²) in [5, 5.41) is 3.46. The van der Waals surface area contributed by atoms with Gasteiger partial charge in [0.25, 0.3) is 0 Å². The lowest BCUT2D eigenvalue weighted by atomic mass is 9.87. The van der Waals surface area contributed by atoms with E-state index in [4.69, 9.17) is 4.42 Å². The highest BCUT2D eigenvalue weighted by molar-refractivity contribution is 5.68. The Bertz CT molecular complexity index is 758. The highest BCUT2D eigenvalue weighted by Crippen LogP contribution is 2.47. The Kier molecular flexibility index (Phi) is 2.01. The molecule has 2 aliphatic rings. The van der Waals surface area contributed by atoms with E-state index in [9.17, 15) is 4.79 Å². The molecule has 2 unspecified atom stereocenters. The quantitative estimate of drug-likeness (QED) is 0.781. The minimum atomic E-state index is 0.0324. The zero-order chi connectivity index (χ0) is 13.0. The predicted octanol–water partition coefficient (Wildman–Crippen LogP) is 3.23. The van der Waals surface area contributed by atoms with Gasteiger partial charge in [0.2, 0.25) is 0 Å². The number of para-hydroxylation sites is 1. The van der Waals surface area contributed by atoms with E-state index in [0.717, 1.165) is 11.4 Å². The van der Waals surface area contributed by atoms with Gasteiger partial charge in [-0.25, -0.2) is 0 Å². The van der Waals surface area contributed by atoms with Gasteiger partial charge in [0.15, 0.2) is 5.43 Å². The molecule has 4 rings (SSSR count). The van der Waals surface area contributed by atoms with Gasteiger partial charge in [-0.2, -0.15) is 0 Å². The van der Waals surface area contributed by atoms with Gasteiger partial charge in [0.05, 0.1) is 11.6 Å². The van der Waals surface area contributed by atoms with E-state index in [1.807, 2.05) is 25.1 Å². The van der Waals surface area contributed by atoms with E-state index in [1.165, 1.54) is 5.56 Å². The highest BCUT2D eigenvalue weighted by Gasteiger charge is 2.37. The second kappa shape index (κ2) is 3.60. The largest absolute Gasteiger partial charge is 0.463 e. The molecular formula is C16H13NO2. The van der Waals surface area contributed by atoms with Crippen molar-refractivity contribution in [2.24, 2.45) is 0 Å². The molecule has 2 heterocycles. The fourth-order valence-electron chi connectivity index (χ4n) is 3.04. The summed E-state index contributed by atoms with van der Waals surface area (Å²) in [7, 11) is 0. The van der Waals surface area contributed by atoms with Gasteiger partial charge in [0, 0.05) is 17.7 Å². The van der Waals surface area contributed by atoms with Gasteiger partial charge in [-0.15, -0.1) is 0 Å². The molecular weight excluding hydrogens is 238 g/mol. The van der Waals surface area contributed by atoms with Gasteiger partial charge in [-0.1, -0.05) is 30.4 Å². The van der Waals surface area contributed by atoms with Crippen molar-refractivity contribution in [1.82, 2.24) is 0 Å². The van der Waals surface area contributed by atoms with Gasteiger partial charge in [-0.05, 0) is 18.6 Å². The van der Waals surface area contributed by atoms with Gasteiger partial charge >= 0.3 is 0 Å². The molecule has 0 saturated heterocycles. The zero-order valence-electron chi connectivity index (χ0n) is 10.5. The molecule has 3 heteroatoms. The lowest BCUT2D eigenvalue weighted by molar-refractivity contribution is 0.428. The standard InChI is InChI=1S/C16H13NO2/c1-9-8-14(18)12-7-6-11-10-4-2-3-5-13(10)17-15(11)16(12)19-9/h2-8,11,15,17H,1H3. The van der Waals surface area contributed by atoms with Crippen LogP contribution in [-0.4, -0.2) is 0 Å². The van der Waals surface area contributed by atoms with E-state index in [1.54, 1.807) is 6.07 Å². The van der Waals surface area contributed by atoms with E-state index in [2.05, 4.69) is 23.5 Å². The Morgan fingerprint density at radius 1 is 1.26 bits per heavy atom. The van der Waals surface area contributed by atoms with Crippen LogP contribution in [0.2, 0.25) is 0 Å². The van der Waals surface area contributed by atoms with Crippen LogP contribution in [0.4, 0.5) is 5.69 Å². The molecule has 0 bridgehead atoms. The fourth-order valence-corrected chi connectivity index (χ4v) is 3.04. The summed E-state index contributed by atoms with van der Waals surface area (Å²) in [6.45, 7) is 1.82. The molecule has 3 nitrogen and oxygen atoms in total. The summed E-state index contributed by atoms with van der Waals surface area (Å²) in [5.41, 5.74) is 3.09. The summed E-state index contributed by atoms with van der Waals surface area (Å²) < 4.78 is 5.81. The van der Waals surface area contributed by atoms with Crippen LogP contribution in [0.15, 0.2) is 45.6 Å². The molecule has 0 fully saturated rings. The third-order valence-electron chi connectivity index (χ3n) is 3.88. The summed E-state index contributed by atoms with van der Waals surface area (Å²) in [5.74, 6) is 1.66. The Balaban J connectivity index is 1.93. The summed E-state index contributed by atoms with van der Waals surface area (Å²) in [4.78, 5) is 12.0. The minimum absolute atomic E-state index is 0.0324. The summed E-state index contributed by atoms with van der Waals surface area (Å²) >= 11 is 0. The van der Waals surface area contributed by atoms with Crippen LogP contribution < -0.4 is 10.7 Å². The molecule has 1 aromatic heterocycles. The fraction of sp³-hybridized carbons (Fsp3) is 0.188. The van der Waals surface area contributed by atoms with Crippen LogP contribution in [0.1, 0.15) is 34.6 Å². The minimum Gasteiger partial charge on any atom is -0.463 e. The topological polar surface area (TPSA) is 42.2 Å². The van der Waals surface area contributed by atoms with Crippen molar-refractivity contribution in [2.75, 3.05) is 5.32 Å². The second-order valence-electron chi connectivity index (χ2n) is 5.09. The van der Waals surface area contributed by atoms with Gasteiger partial charge in [-0.3, -0.25) is 4.79 Å². The number of anilines is 1. The van der Waals surface area contributed by atoms with Crippen molar-refractivity contribution in [3.8, 4) is 0 Å². The molecule has 19 heavy (non-hydrogen) atoms. The van der Waals surface area contributed by atoms with Crippen LogP contribution in [0.25, 0.3) is 6.08 Å². The average Bonchev–Trinajstić information content (AvgIpc) is 2.77. The van der Waals surface area contributed by atoms with Gasteiger partial charge in [0.1, 0.15) is 11.5 Å². The van der Waals surface area contributed by atoms with E-state index >= 15 is 0 Å². The second-order valence-corrected chi connectivity index (χ2v) is 5.09. The average molecular weight is 251 g/mol. The molecule has 94 valence electrons. The lowest BCUT2D eigenvalue weighted by Crippen LogP contribution is -2.20. The molecule has 2 atom stereocenters. The van der Waals surface area contributed by atoms with Crippen molar-refractivity contribution in [3.63, 3.8) is 0 Å². The van der Waals surface area contributed by atoms with Crippen molar-refractivity contribution in [3.05, 3.63) is 69.3 Å². The number of aryl methyl sites for hydroxylation is 1. The third-order valence-corrected chi connectivity index (χ3v) is 3.88. The number of fused-ring (bicyclic) bond motifs is 5. The lowest BCUT2D eigenvalue weighted by Gasteiger charge is -2.22. The number of benzene rings is 1. The monoisotopic (exact) mass is 251 g/mol. The molecule has 0 amide bonds. The number of hydrogen-bond donors (Lipinski definition) is 1. The SMILES string of the molecule is Cc1cc(=O)c2c(o1)C1Nc3ccccc3C1C=C2. The van der Waals surface area contributed by atoms with Crippen molar-refractivity contribution in [2.45, 2.75) is 18.9 Å². The van der Waals surface area contributed by atoms with Crippen molar-refractivity contribution in [1.29, 1.82) is 0 Å². The van der Waals surface area contributed by atoms with E-state index in [-0.39, 0.29) is 17.4 Å². The Labute approximate surface area is 110 Å². The number of rotatable bonds is 0. The molecule has 0 saturated carbocycles. The molecule has 0 radical (unpaired) electrons. The van der Waals surface area contributed by atoms with E-state index in [0.29, 0.717) is 11.3 Å². The van der Waals surface area contributed by atoms with Crippen molar-refractivity contribution < 1.29 is 4.42 Å². The first-order valence-corrected chi connectivity index (χ1v) is 6.42. The summed E-state index contributed by atoms with van der Waals surface area (Å²) in [6.07, 6.45) is 3.99. The van der Waals surface area contributed by atoms with Crippen molar-refractivity contribution >= 4 is 11.8 Å². The maximum atomic E-state index is 12.0. The Morgan fingerprint density at radius 3 is 3.00 bits per heavy atom. The number of hydrogen-bond acceptors (Lipinski definition) is 3. The third kappa shape index (κ3) is 1.41. The molecule has 1 N–H and O–H groups in total. The zero-order valence-corrected chi connectivity index (χ0v) is 10.5. The maximum absolute atomic E-state index is 12.0. The molecule has 1 aliphatic heterocycles. The first-order chi connectivity index (χ1) is 9.24. The Morgan fingerprint density at radius 2 is 2.11 bits per heavy atom. The van der Waals surface area contributed by atoms with Crippen LogP contribution >= 0.6 is 0 Å². The highest BCUT2D eigenvalue weighted by atomic mass is 16.3. The Hall–Kier alpha value is -2.29.